The van der Waals surface area contributed by atoms with Gasteiger partial charge in [0.15, 0.2) is 0 Å². The summed E-state index contributed by atoms with van der Waals surface area (Å²) in [6.45, 7) is 1.90. The Morgan fingerprint density at radius 3 is 3.07 bits per heavy atom. The molecule has 2 rings (SSSR count). The summed E-state index contributed by atoms with van der Waals surface area (Å²) in [6, 6.07) is 8.23. The van der Waals surface area contributed by atoms with E-state index in [4.69, 9.17) is 16.3 Å². The van der Waals surface area contributed by atoms with Gasteiger partial charge in [-0.25, -0.2) is 0 Å². The molecule has 82 valence electrons. The quantitative estimate of drug-likeness (QED) is 0.718. The lowest BCUT2D eigenvalue weighted by molar-refractivity contribution is 0.159. The van der Waals surface area contributed by atoms with E-state index in [-0.39, 0.29) is 6.10 Å². The summed E-state index contributed by atoms with van der Waals surface area (Å²) < 4.78 is 5.94. The van der Waals surface area contributed by atoms with Gasteiger partial charge in [0.2, 0.25) is 0 Å². The molecule has 15 heavy (non-hydrogen) atoms. The van der Waals surface area contributed by atoms with Gasteiger partial charge in [0.1, 0.15) is 11.9 Å². The third-order valence-corrected chi connectivity index (χ3v) is 2.87. The lowest BCUT2D eigenvalue weighted by Gasteiger charge is -2.19. The second-order valence-corrected chi connectivity index (χ2v) is 4.40. The molecule has 0 saturated carbocycles. The van der Waals surface area contributed by atoms with Crippen molar-refractivity contribution in [2.45, 2.75) is 19.1 Å². The summed E-state index contributed by atoms with van der Waals surface area (Å²) in [6.07, 6.45) is 1.12. The van der Waals surface area contributed by atoms with E-state index in [1.165, 1.54) is 5.56 Å². The van der Waals surface area contributed by atoms with Crippen molar-refractivity contribution < 1.29 is 4.74 Å². The summed E-state index contributed by atoms with van der Waals surface area (Å²) >= 11 is 5.76. The maximum absolute atomic E-state index is 5.94. The Labute approximate surface area is 95.8 Å². The van der Waals surface area contributed by atoms with Crippen molar-refractivity contribution in [3.63, 3.8) is 0 Å². The first-order valence-corrected chi connectivity index (χ1v) is 5.82. The summed E-state index contributed by atoms with van der Waals surface area (Å²) in [4.78, 5) is 2.28. The molecule has 0 fully saturated rings. The van der Waals surface area contributed by atoms with E-state index in [0.29, 0.717) is 5.88 Å². The molecule has 0 spiro atoms. The standard InChI is InChI=1S/C12H16ClNO/c1-14-8-10-4-2-3-5-12(10)15-11(9-14)6-7-13/h2-5,11H,6-9H2,1H3. The first kappa shape index (κ1) is 10.8. The zero-order valence-corrected chi connectivity index (χ0v) is 9.70. The van der Waals surface area contributed by atoms with Crippen LogP contribution in [-0.4, -0.2) is 30.5 Å². The molecule has 1 aromatic rings. The first-order valence-electron chi connectivity index (χ1n) is 5.28. The van der Waals surface area contributed by atoms with Gasteiger partial charge in [-0.2, -0.15) is 0 Å². The Morgan fingerprint density at radius 2 is 2.27 bits per heavy atom. The molecule has 0 amide bonds. The molecular formula is C12H16ClNO. The summed E-state index contributed by atoms with van der Waals surface area (Å²) in [5, 5.41) is 0. The largest absolute Gasteiger partial charge is 0.489 e. The van der Waals surface area contributed by atoms with E-state index in [9.17, 15) is 0 Å². The molecule has 1 aliphatic heterocycles. The van der Waals surface area contributed by atoms with Gasteiger partial charge in [0.05, 0.1) is 0 Å². The fourth-order valence-corrected chi connectivity index (χ4v) is 2.18. The van der Waals surface area contributed by atoms with Crippen LogP contribution in [0.1, 0.15) is 12.0 Å². The minimum absolute atomic E-state index is 0.219. The van der Waals surface area contributed by atoms with E-state index in [1.807, 2.05) is 12.1 Å². The van der Waals surface area contributed by atoms with Crippen LogP contribution < -0.4 is 4.74 Å². The van der Waals surface area contributed by atoms with Gasteiger partial charge in [-0.05, 0) is 19.5 Å². The maximum atomic E-state index is 5.94. The molecule has 0 aliphatic carbocycles. The van der Waals surface area contributed by atoms with Crippen LogP contribution in [0.2, 0.25) is 0 Å². The highest BCUT2D eigenvalue weighted by Gasteiger charge is 2.19. The normalized spacial score (nSPS) is 21.6. The van der Waals surface area contributed by atoms with Crippen molar-refractivity contribution in [2.75, 3.05) is 19.5 Å². The maximum Gasteiger partial charge on any atom is 0.124 e. The third kappa shape index (κ3) is 2.64. The number of fused-ring (bicyclic) bond motifs is 1. The number of para-hydroxylation sites is 1. The molecule has 0 N–H and O–H groups in total. The number of halogens is 1. The third-order valence-electron chi connectivity index (χ3n) is 2.65. The average Bonchev–Trinajstić information content (AvgIpc) is 2.35. The molecule has 1 heterocycles. The number of benzene rings is 1. The highest BCUT2D eigenvalue weighted by molar-refractivity contribution is 6.17. The van der Waals surface area contributed by atoms with E-state index < -0.39 is 0 Å². The topological polar surface area (TPSA) is 12.5 Å². The number of alkyl halides is 1. The SMILES string of the molecule is CN1Cc2ccccc2OC(CCCl)C1. The van der Waals surface area contributed by atoms with Gasteiger partial charge in [-0.15, -0.1) is 11.6 Å². The number of hydrogen-bond donors (Lipinski definition) is 0. The van der Waals surface area contributed by atoms with Crippen LogP contribution in [0.5, 0.6) is 5.75 Å². The Hall–Kier alpha value is -0.730. The van der Waals surface area contributed by atoms with Crippen molar-refractivity contribution in [1.29, 1.82) is 0 Å². The summed E-state index contributed by atoms with van der Waals surface area (Å²) in [7, 11) is 2.12. The van der Waals surface area contributed by atoms with Crippen LogP contribution in [-0.2, 0) is 6.54 Å². The van der Waals surface area contributed by atoms with Crippen molar-refractivity contribution in [3.8, 4) is 5.75 Å². The molecule has 1 aromatic carbocycles. The van der Waals surface area contributed by atoms with E-state index in [0.717, 1.165) is 25.3 Å². The Bertz CT molecular complexity index is 329. The Morgan fingerprint density at radius 1 is 1.47 bits per heavy atom. The van der Waals surface area contributed by atoms with E-state index in [2.05, 4.69) is 24.1 Å². The van der Waals surface area contributed by atoms with Crippen molar-refractivity contribution in [3.05, 3.63) is 29.8 Å². The molecule has 0 radical (unpaired) electrons. The van der Waals surface area contributed by atoms with Gasteiger partial charge < -0.3 is 4.74 Å². The predicted molar refractivity (Wildman–Crippen MR) is 62.5 cm³/mol. The van der Waals surface area contributed by atoms with E-state index in [1.54, 1.807) is 0 Å². The Kier molecular flexibility index (Phi) is 3.49. The number of nitrogens with zero attached hydrogens (tertiary/aromatic N) is 1. The van der Waals surface area contributed by atoms with Crippen LogP contribution in [0, 0.1) is 0 Å². The highest BCUT2D eigenvalue weighted by atomic mass is 35.5. The minimum Gasteiger partial charge on any atom is -0.489 e. The van der Waals surface area contributed by atoms with Gasteiger partial charge in [0, 0.05) is 24.5 Å². The number of hydrogen-bond acceptors (Lipinski definition) is 2. The first-order chi connectivity index (χ1) is 7.29. The smallest absolute Gasteiger partial charge is 0.124 e. The molecule has 3 heteroatoms. The van der Waals surface area contributed by atoms with Crippen LogP contribution >= 0.6 is 11.6 Å². The van der Waals surface area contributed by atoms with E-state index >= 15 is 0 Å². The molecule has 0 aromatic heterocycles. The van der Waals surface area contributed by atoms with Crippen molar-refractivity contribution in [2.24, 2.45) is 0 Å². The monoisotopic (exact) mass is 225 g/mol. The summed E-state index contributed by atoms with van der Waals surface area (Å²) in [5.41, 5.74) is 1.26. The second-order valence-electron chi connectivity index (χ2n) is 4.02. The van der Waals surface area contributed by atoms with Crippen molar-refractivity contribution >= 4 is 11.6 Å². The number of rotatable bonds is 2. The fourth-order valence-electron chi connectivity index (χ4n) is 1.94. The van der Waals surface area contributed by atoms with Gasteiger partial charge in [-0.1, -0.05) is 18.2 Å². The lowest BCUT2D eigenvalue weighted by atomic mass is 10.2. The minimum atomic E-state index is 0.219. The molecule has 0 bridgehead atoms. The molecular weight excluding hydrogens is 210 g/mol. The van der Waals surface area contributed by atoms with Crippen LogP contribution in [0.25, 0.3) is 0 Å². The fraction of sp³-hybridized carbons (Fsp3) is 0.500. The molecule has 2 nitrogen and oxygen atoms in total. The molecule has 0 saturated heterocycles. The van der Waals surface area contributed by atoms with Gasteiger partial charge >= 0.3 is 0 Å². The van der Waals surface area contributed by atoms with Crippen LogP contribution in [0.4, 0.5) is 0 Å². The highest BCUT2D eigenvalue weighted by Crippen LogP contribution is 2.24. The predicted octanol–water partition coefficient (Wildman–Crippen LogP) is 2.51. The Balaban J connectivity index is 2.20. The van der Waals surface area contributed by atoms with Crippen molar-refractivity contribution in [1.82, 2.24) is 4.90 Å². The van der Waals surface area contributed by atoms with Crippen LogP contribution in [0.3, 0.4) is 0 Å². The zero-order valence-electron chi connectivity index (χ0n) is 8.95. The summed E-state index contributed by atoms with van der Waals surface area (Å²) in [5.74, 6) is 1.66. The van der Waals surface area contributed by atoms with Gasteiger partial charge in [0.25, 0.3) is 0 Å². The zero-order chi connectivity index (χ0) is 10.7. The molecule has 1 unspecified atom stereocenters. The van der Waals surface area contributed by atoms with Crippen LogP contribution in [0.15, 0.2) is 24.3 Å². The number of likely N-dealkylation sites (N-methyl/N-ethyl adjacent to an activating group) is 1. The van der Waals surface area contributed by atoms with Gasteiger partial charge in [-0.3, -0.25) is 4.90 Å². The number of ether oxygens (including phenoxy) is 1. The lowest BCUT2D eigenvalue weighted by Crippen LogP contribution is -2.30. The molecule has 1 atom stereocenters. The molecule has 1 aliphatic rings. The second kappa shape index (κ2) is 4.86. The average molecular weight is 226 g/mol.